The van der Waals surface area contributed by atoms with Crippen LogP contribution in [0.1, 0.15) is 43.3 Å². The van der Waals surface area contributed by atoms with Crippen molar-refractivity contribution in [2.75, 3.05) is 40.4 Å². The topological polar surface area (TPSA) is 37.4 Å². The average molecular weight is 297 g/mol. The molecule has 1 fully saturated rings. The molecule has 0 bridgehead atoms. The van der Waals surface area contributed by atoms with Gasteiger partial charge in [-0.2, -0.15) is 0 Å². The van der Waals surface area contributed by atoms with Gasteiger partial charge in [-0.15, -0.1) is 11.3 Å². The zero-order chi connectivity index (χ0) is 14.6. The minimum absolute atomic E-state index is 0.00331. The zero-order valence-electron chi connectivity index (χ0n) is 13.1. The zero-order valence-corrected chi connectivity index (χ0v) is 13.9. The average Bonchev–Trinajstić information content (AvgIpc) is 2.89. The van der Waals surface area contributed by atoms with Crippen LogP contribution in [0.4, 0.5) is 0 Å². The summed E-state index contributed by atoms with van der Waals surface area (Å²) in [4.78, 5) is 7.31. The molecule has 1 saturated heterocycles. The van der Waals surface area contributed by atoms with E-state index in [1.807, 2.05) is 0 Å². The normalized spacial score (nSPS) is 24.4. The third-order valence-electron chi connectivity index (χ3n) is 3.98. The summed E-state index contributed by atoms with van der Waals surface area (Å²) in [5, 5.41) is 7.17. The Kier molecular flexibility index (Phi) is 5.55. The van der Waals surface area contributed by atoms with Crippen molar-refractivity contribution in [3.8, 4) is 0 Å². The van der Waals surface area contributed by atoms with Crippen molar-refractivity contribution in [1.82, 2.24) is 15.2 Å². The van der Waals surface area contributed by atoms with Crippen LogP contribution >= 0.6 is 11.3 Å². The van der Waals surface area contributed by atoms with E-state index in [1.165, 1.54) is 23.7 Å². The van der Waals surface area contributed by atoms with Gasteiger partial charge in [-0.25, -0.2) is 4.98 Å². The lowest BCUT2D eigenvalue weighted by molar-refractivity contribution is 0.125. The van der Waals surface area contributed by atoms with Crippen LogP contribution in [0.15, 0.2) is 5.38 Å². The monoisotopic (exact) mass is 297 g/mol. The summed E-state index contributed by atoms with van der Waals surface area (Å²) in [6, 6.07) is 0. The van der Waals surface area contributed by atoms with Gasteiger partial charge >= 0.3 is 0 Å². The highest BCUT2D eigenvalue weighted by Gasteiger charge is 2.38. The Hall–Kier alpha value is -0.490. The molecule has 2 rings (SSSR count). The number of nitrogens with one attached hydrogen (secondary N) is 1. The van der Waals surface area contributed by atoms with Crippen LogP contribution in [0.2, 0.25) is 0 Å². The minimum Gasteiger partial charge on any atom is -0.383 e. The van der Waals surface area contributed by atoms with E-state index in [0.29, 0.717) is 5.92 Å². The smallest absolute Gasteiger partial charge is 0.114 e. The third-order valence-corrected chi connectivity index (χ3v) is 5.04. The number of ether oxygens (including phenoxy) is 1. The molecule has 0 aromatic carbocycles. The van der Waals surface area contributed by atoms with Gasteiger partial charge < -0.3 is 15.0 Å². The SMILES string of the molecule is COCCNC1(c2nc(C(C)C)cs2)CCCN(C)C1. The van der Waals surface area contributed by atoms with Gasteiger partial charge in [-0.1, -0.05) is 13.8 Å². The standard InChI is InChI=1S/C15H27N3OS/c1-12(2)13-10-20-14(17-13)15(16-7-9-19-4)6-5-8-18(3)11-15/h10,12,16H,5-9,11H2,1-4H3. The van der Waals surface area contributed by atoms with Crippen molar-refractivity contribution in [3.05, 3.63) is 16.1 Å². The van der Waals surface area contributed by atoms with Gasteiger partial charge in [-0.3, -0.25) is 0 Å². The second-order valence-corrected chi connectivity index (χ2v) is 6.93. The highest BCUT2D eigenvalue weighted by atomic mass is 32.1. The van der Waals surface area contributed by atoms with E-state index in [0.717, 1.165) is 26.1 Å². The molecule has 0 amide bonds. The molecule has 1 aromatic rings. The lowest BCUT2D eigenvalue weighted by atomic mass is 9.89. The van der Waals surface area contributed by atoms with Gasteiger partial charge in [0.2, 0.25) is 0 Å². The predicted octanol–water partition coefficient (Wildman–Crippen LogP) is 2.42. The molecule has 0 spiro atoms. The Morgan fingerprint density at radius 2 is 2.35 bits per heavy atom. The number of likely N-dealkylation sites (N-methyl/N-ethyl adjacent to an activating group) is 1. The van der Waals surface area contributed by atoms with Crippen molar-refractivity contribution in [3.63, 3.8) is 0 Å². The Morgan fingerprint density at radius 3 is 2.95 bits per heavy atom. The molecular weight excluding hydrogens is 270 g/mol. The number of piperidine rings is 1. The minimum atomic E-state index is 0.00331. The molecule has 1 aromatic heterocycles. The van der Waals surface area contributed by atoms with Gasteiger partial charge in [0.1, 0.15) is 5.01 Å². The molecule has 0 saturated carbocycles. The molecule has 5 heteroatoms. The van der Waals surface area contributed by atoms with Crippen LogP contribution in [0.25, 0.3) is 0 Å². The maximum Gasteiger partial charge on any atom is 0.114 e. The molecule has 4 nitrogen and oxygen atoms in total. The molecule has 20 heavy (non-hydrogen) atoms. The number of rotatable bonds is 6. The van der Waals surface area contributed by atoms with Gasteiger partial charge in [0.05, 0.1) is 17.8 Å². The first-order valence-corrected chi connectivity index (χ1v) is 8.34. The highest BCUT2D eigenvalue weighted by Crippen LogP contribution is 2.34. The van der Waals surface area contributed by atoms with Crippen molar-refractivity contribution in [1.29, 1.82) is 0 Å². The number of likely N-dealkylation sites (tertiary alicyclic amines) is 1. The molecule has 1 atom stereocenters. The Labute approximate surface area is 126 Å². The lowest BCUT2D eigenvalue weighted by Gasteiger charge is -2.41. The van der Waals surface area contributed by atoms with Gasteiger partial charge in [0.15, 0.2) is 0 Å². The summed E-state index contributed by atoms with van der Waals surface area (Å²) >= 11 is 1.80. The molecule has 1 unspecified atom stereocenters. The predicted molar refractivity (Wildman–Crippen MR) is 84.5 cm³/mol. The lowest BCUT2D eigenvalue weighted by Crippen LogP contribution is -2.54. The summed E-state index contributed by atoms with van der Waals surface area (Å²) in [5.41, 5.74) is 1.22. The Bertz CT molecular complexity index is 421. The second-order valence-electron chi connectivity index (χ2n) is 6.08. The van der Waals surface area contributed by atoms with Crippen LogP contribution in [0, 0.1) is 0 Å². The van der Waals surface area contributed by atoms with E-state index in [1.54, 1.807) is 18.4 Å². The van der Waals surface area contributed by atoms with Crippen molar-refractivity contribution >= 4 is 11.3 Å². The van der Waals surface area contributed by atoms with Crippen LogP contribution in [0.3, 0.4) is 0 Å². The first-order chi connectivity index (χ1) is 9.57. The number of methoxy groups -OCH3 is 1. The number of hydrogen-bond acceptors (Lipinski definition) is 5. The van der Waals surface area contributed by atoms with E-state index in [9.17, 15) is 0 Å². The Balaban J connectivity index is 2.19. The van der Waals surface area contributed by atoms with Crippen LogP contribution in [0.5, 0.6) is 0 Å². The first-order valence-electron chi connectivity index (χ1n) is 7.46. The molecule has 1 aliphatic heterocycles. The first kappa shape index (κ1) is 15.9. The second kappa shape index (κ2) is 6.98. The molecule has 1 aliphatic rings. The fourth-order valence-corrected chi connectivity index (χ4v) is 4.01. The van der Waals surface area contributed by atoms with Crippen molar-refractivity contribution < 1.29 is 4.74 Å². The van der Waals surface area contributed by atoms with Crippen molar-refractivity contribution in [2.45, 2.75) is 38.1 Å². The summed E-state index contributed by atoms with van der Waals surface area (Å²) in [7, 11) is 3.95. The largest absolute Gasteiger partial charge is 0.383 e. The fourth-order valence-electron chi connectivity index (χ4n) is 2.83. The van der Waals surface area contributed by atoms with Crippen LogP contribution in [-0.2, 0) is 10.3 Å². The number of aromatic nitrogens is 1. The molecule has 1 N–H and O–H groups in total. The van der Waals surface area contributed by atoms with E-state index in [4.69, 9.17) is 9.72 Å². The summed E-state index contributed by atoms with van der Waals surface area (Å²) < 4.78 is 5.19. The van der Waals surface area contributed by atoms with Crippen molar-refractivity contribution in [2.24, 2.45) is 0 Å². The van der Waals surface area contributed by atoms with E-state index in [-0.39, 0.29) is 5.54 Å². The fraction of sp³-hybridized carbons (Fsp3) is 0.800. The number of nitrogens with zero attached hydrogens (tertiary/aromatic N) is 2. The number of hydrogen-bond donors (Lipinski definition) is 1. The quantitative estimate of drug-likeness (QED) is 0.818. The molecule has 0 aliphatic carbocycles. The highest BCUT2D eigenvalue weighted by molar-refractivity contribution is 7.09. The van der Waals surface area contributed by atoms with Crippen LogP contribution in [-0.4, -0.2) is 50.3 Å². The summed E-state index contributed by atoms with van der Waals surface area (Å²) in [6.07, 6.45) is 2.37. The third kappa shape index (κ3) is 3.58. The van der Waals surface area contributed by atoms with Gasteiger partial charge in [-0.05, 0) is 32.4 Å². The Morgan fingerprint density at radius 1 is 1.55 bits per heavy atom. The van der Waals surface area contributed by atoms with E-state index >= 15 is 0 Å². The molecular formula is C15H27N3OS. The van der Waals surface area contributed by atoms with E-state index in [2.05, 4.69) is 36.5 Å². The molecule has 114 valence electrons. The number of thiazole rings is 1. The maximum atomic E-state index is 5.19. The molecule has 0 radical (unpaired) electrons. The van der Waals surface area contributed by atoms with Gasteiger partial charge in [0, 0.05) is 25.6 Å². The molecule has 2 heterocycles. The van der Waals surface area contributed by atoms with Gasteiger partial charge in [0.25, 0.3) is 0 Å². The summed E-state index contributed by atoms with van der Waals surface area (Å²) in [5.74, 6) is 0.498. The van der Waals surface area contributed by atoms with Crippen LogP contribution < -0.4 is 5.32 Å². The summed E-state index contributed by atoms with van der Waals surface area (Å²) in [6.45, 7) is 8.24. The maximum absolute atomic E-state index is 5.19. The van der Waals surface area contributed by atoms with E-state index < -0.39 is 0 Å².